The fourth-order valence-electron chi connectivity index (χ4n) is 1.74. The minimum absolute atomic E-state index is 0.197. The van der Waals surface area contributed by atoms with Gasteiger partial charge in [-0.3, -0.25) is 4.79 Å². The summed E-state index contributed by atoms with van der Waals surface area (Å²) < 4.78 is 0. The second-order valence-corrected chi connectivity index (χ2v) is 4.95. The molecule has 0 fully saturated rings. The number of nitrogens with zero attached hydrogens (tertiary/aromatic N) is 1. The second kappa shape index (κ2) is 3.98. The van der Waals surface area contributed by atoms with Gasteiger partial charge in [0.2, 0.25) is 0 Å². The summed E-state index contributed by atoms with van der Waals surface area (Å²) in [7, 11) is 0. The van der Waals surface area contributed by atoms with E-state index in [1.165, 1.54) is 0 Å². The molecule has 0 radical (unpaired) electrons. The van der Waals surface area contributed by atoms with E-state index in [0.29, 0.717) is 10.4 Å². The highest BCUT2D eigenvalue weighted by Gasteiger charge is 2.09. The van der Waals surface area contributed by atoms with E-state index in [0.717, 1.165) is 16.0 Å². The maximum Gasteiger partial charge on any atom is 0.272 e. The van der Waals surface area contributed by atoms with Crippen molar-refractivity contribution in [3.8, 4) is 10.6 Å². The third-order valence-electron chi connectivity index (χ3n) is 2.51. The zero-order chi connectivity index (χ0) is 11.8. The van der Waals surface area contributed by atoms with Crippen molar-refractivity contribution >= 4 is 33.7 Å². The van der Waals surface area contributed by atoms with Crippen LogP contribution in [0.3, 0.4) is 0 Å². The molecule has 3 rings (SSSR count). The summed E-state index contributed by atoms with van der Waals surface area (Å²) in [5, 5.41) is 10.6. The lowest BCUT2D eigenvalue weighted by molar-refractivity contribution is 1.02. The molecule has 2 heterocycles. The monoisotopic (exact) mass is 262 g/mol. The van der Waals surface area contributed by atoms with E-state index < -0.39 is 0 Å². The number of rotatable bonds is 1. The van der Waals surface area contributed by atoms with Crippen molar-refractivity contribution in [3.05, 3.63) is 51.1 Å². The number of aromatic amines is 1. The van der Waals surface area contributed by atoms with Gasteiger partial charge in [0.05, 0.1) is 10.3 Å². The lowest BCUT2D eigenvalue weighted by Crippen LogP contribution is -2.09. The zero-order valence-corrected chi connectivity index (χ0v) is 10.2. The molecule has 1 N–H and O–H groups in total. The van der Waals surface area contributed by atoms with Crippen molar-refractivity contribution < 1.29 is 0 Å². The molecule has 17 heavy (non-hydrogen) atoms. The lowest BCUT2D eigenvalue weighted by Gasteiger charge is -2.02. The Labute approximate surface area is 106 Å². The molecule has 3 aromatic rings. The number of halogens is 1. The molecule has 84 valence electrons. The molecule has 0 atom stereocenters. The highest BCUT2D eigenvalue weighted by Crippen LogP contribution is 2.29. The maximum atomic E-state index is 11.7. The maximum absolute atomic E-state index is 11.7. The summed E-state index contributed by atoms with van der Waals surface area (Å²) in [6, 6.07) is 9.11. The molecule has 0 saturated carbocycles. The number of fused-ring (bicyclic) bond motifs is 1. The fraction of sp³-hybridized carbons (Fsp3) is 0. The number of H-pyrrole nitrogens is 1. The Balaban J connectivity index is 2.44. The molecular weight excluding hydrogens is 256 g/mol. The number of aromatic nitrogens is 2. The predicted octanol–water partition coefficient (Wildman–Crippen LogP) is 3.31. The van der Waals surface area contributed by atoms with Gasteiger partial charge >= 0.3 is 0 Å². The van der Waals surface area contributed by atoms with Crippen molar-refractivity contribution in [1.82, 2.24) is 10.2 Å². The standard InChI is InChI=1S/C12H7ClN2OS/c13-7-3-4-8-9(6-7)11(14-15-12(8)16)10-2-1-5-17-10/h1-6H,(H,15,16). The van der Waals surface area contributed by atoms with Gasteiger partial charge in [-0.15, -0.1) is 11.3 Å². The van der Waals surface area contributed by atoms with Gasteiger partial charge in [-0.2, -0.15) is 5.10 Å². The molecule has 1 aromatic carbocycles. The van der Waals surface area contributed by atoms with Crippen molar-refractivity contribution in [2.75, 3.05) is 0 Å². The molecule has 0 bridgehead atoms. The first-order valence-electron chi connectivity index (χ1n) is 4.97. The molecule has 0 spiro atoms. The summed E-state index contributed by atoms with van der Waals surface area (Å²) in [6.45, 7) is 0. The Hall–Kier alpha value is -1.65. The van der Waals surface area contributed by atoms with Crippen LogP contribution in [-0.2, 0) is 0 Å². The SMILES string of the molecule is O=c1[nH]nc(-c2cccs2)c2cc(Cl)ccc12. The van der Waals surface area contributed by atoms with Crippen LogP contribution in [0.1, 0.15) is 0 Å². The average Bonchev–Trinajstić information content (AvgIpc) is 2.83. The Morgan fingerprint density at radius 2 is 2.12 bits per heavy atom. The van der Waals surface area contributed by atoms with Crippen LogP contribution in [0.2, 0.25) is 5.02 Å². The minimum Gasteiger partial charge on any atom is -0.267 e. The van der Waals surface area contributed by atoms with Crippen molar-refractivity contribution in [2.45, 2.75) is 0 Å². The third-order valence-corrected chi connectivity index (χ3v) is 3.62. The molecule has 2 aromatic heterocycles. The van der Waals surface area contributed by atoms with E-state index in [4.69, 9.17) is 11.6 Å². The quantitative estimate of drug-likeness (QED) is 0.731. The first-order valence-corrected chi connectivity index (χ1v) is 6.23. The van der Waals surface area contributed by atoms with Crippen LogP contribution in [0.25, 0.3) is 21.3 Å². The zero-order valence-electron chi connectivity index (χ0n) is 8.61. The van der Waals surface area contributed by atoms with Crippen molar-refractivity contribution in [1.29, 1.82) is 0 Å². The van der Waals surface area contributed by atoms with E-state index in [1.807, 2.05) is 17.5 Å². The van der Waals surface area contributed by atoms with Crippen LogP contribution in [0.15, 0.2) is 40.5 Å². The van der Waals surface area contributed by atoms with Crippen LogP contribution in [0.5, 0.6) is 0 Å². The molecule has 0 amide bonds. The van der Waals surface area contributed by atoms with Gasteiger partial charge in [-0.25, -0.2) is 5.10 Å². The van der Waals surface area contributed by atoms with E-state index in [2.05, 4.69) is 10.2 Å². The van der Waals surface area contributed by atoms with Crippen LogP contribution in [-0.4, -0.2) is 10.2 Å². The van der Waals surface area contributed by atoms with Gasteiger partial charge in [0.15, 0.2) is 0 Å². The molecular formula is C12H7ClN2OS. The minimum atomic E-state index is -0.197. The molecule has 0 unspecified atom stereocenters. The highest BCUT2D eigenvalue weighted by atomic mass is 35.5. The van der Waals surface area contributed by atoms with Gasteiger partial charge in [0, 0.05) is 10.4 Å². The van der Waals surface area contributed by atoms with Gasteiger partial charge < -0.3 is 0 Å². The summed E-state index contributed by atoms with van der Waals surface area (Å²) in [6.07, 6.45) is 0. The molecule has 5 heteroatoms. The van der Waals surface area contributed by atoms with Crippen LogP contribution >= 0.6 is 22.9 Å². The smallest absolute Gasteiger partial charge is 0.267 e. The van der Waals surface area contributed by atoms with E-state index in [1.54, 1.807) is 29.5 Å². The van der Waals surface area contributed by atoms with Crippen molar-refractivity contribution in [2.24, 2.45) is 0 Å². The van der Waals surface area contributed by atoms with Gasteiger partial charge in [-0.1, -0.05) is 17.7 Å². The summed E-state index contributed by atoms with van der Waals surface area (Å²) in [5.74, 6) is 0. The fourth-order valence-corrected chi connectivity index (χ4v) is 2.64. The Bertz CT molecular complexity index is 734. The van der Waals surface area contributed by atoms with E-state index >= 15 is 0 Å². The predicted molar refractivity (Wildman–Crippen MR) is 70.7 cm³/mol. The first-order chi connectivity index (χ1) is 8.25. The molecule has 0 aliphatic rings. The summed E-state index contributed by atoms with van der Waals surface area (Å²) in [5.41, 5.74) is 0.564. The van der Waals surface area contributed by atoms with E-state index in [-0.39, 0.29) is 5.56 Å². The first kappa shape index (κ1) is 10.5. The Morgan fingerprint density at radius 1 is 1.24 bits per heavy atom. The van der Waals surface area contributed by atoms with E-state index in [9.17, 15) is 4.79 Å². The Morgan fingerprint density at radius 3 is 2.88 bits per heavy atom. The number of benzene rings is 1. The Kier molecular flexibility index (Phi) is 2.46. The molecule has 0 aliphatic carbocycles. The molecule has 0 aliphatic heterocycles. The second-order valence-electron chi connectivity index (χ2n) is 3.57. The normalized spacial score (nSPS) is 10.9. The van der Waals surface area contributed by atoms with Crippen LogP contribution in [0, 0.1) is 0 Å². The largest absolute Gasteiger partial charge is 0.272 e. The topological polar surface area (TPSA) is 45.8 Å². The van der Waals surface area contributed by atoms with Gasteiger partial charge in [0.1, 0.15) is 5.69 Å². The van der Waals surface area contributed by atoms with Crippen LogP contribution < -0.4 is 5.56 Å². The summed E-state index contributed by atoms with van der Waals surface area (Å²) in [4.78, 5) is 12.7. The number of hydrogen-bond acceptors (Lipinski definition) is 3. The number of thiophene rings is 1. The lowest BCUT2D eigenvalue weighted by atomic mass is 10.1. The highest BCUT2D eigenvalue weighted by molar-refractivity contribution is 7.13. The molecule has 0 saturated heterocycles. The molecule has 3 nitrogen and oxygen atoms in total. The average molecular weight is 263 g/mol. The summed E-state index contributed by atoms with van der Waals surface area (Å²) >= 11 is 7.54. The van der Waals surface area contributed by atoms with Gasteiger partial charge in [0.25, 0.3) is 5.56 Å². The third kappa shape index (κ3) is 1.75. The number of nitrogens with one attached hydrogen (secondary N) is 1. The van der Waals surface area contributed by atoms with Crippen LogP contribution in [0.4, 0.5) is 0 Å². The van der Waals surface area contributed by atoms with Crippen molar-refractivity contribution in [3.63, 3.8) is 0 Å². The van der Waals surface area contributed by atoms with Gasteiger partial charge in [-0.05, 0) is 29.6 Å². The number of hydrogen-bond donors (Lipinski definition) is 1.